The van der Waals surface area contributed by atoms with Crippen LogP contribution in [-0.4, -0.2) is 54.9 Å². The number of hydrogen-bond donors (Lipinski definition) is 7. The maximum atomic E-state index is 13.1. The van der Waals surface area contributed by atoms with Crippen molar-refractivity contribution in [1.29, 1.82) is 5.41 Å². The lowest BCUT2D eigenvalue weighted by atomic mass is 9.99. The number of hydrogen-bond acceptors (Lipinski definition) is 5. The van der Waals surface area contributed by atoms with E-state index in [9.17, 15) is 14.4 Å². The molecule has 200 valence electrons. The zero-order valence-electron chi connectivity index (χ0n) is 21.8. The second-order valence-corrected chi connectivity index (χ2v) is 9.63. The van der Waals surface area contributed by atoms with Gasteiger partial charge in [0, 0.05) is 25.2 Å². The van der Waals surface area contributed by atoms with E-state index >= 15 is 0 Å². The molecule has 0 radical (unpaired) electrons. The van der Waals surface area contributed by atoms with Crippen LogP contribution in [0.2, 0.25) is 0 Å². The van der Waals surface area contributed by atoms with Crippen molar-refractivity contribution in [2.45, 2.75) is 65.1 Å². The van der Waals surface area contributed by atoms with Crippen LogP contribution in [0, 0.1) is 17.2 Å². The van der Waals surface area contributed by atoms with E-state index < -0.39 is 18.0 Å². The molecule has 10 heteroatoms. The summed E-state index contributed by atoms with van der Waals surface area (Å²) in [6.07, 6.45) is 4.59. The van der Waals surface area contributed by atoms with Gasteiger partial charge in [0.25, 0.3) is 0 Å². The van der Waals surface area contributed by atoms with E-state index in [1.807, 2.05) is 58.0 Å². The highest BCUT2D eigenvalue weighted by molar-refractivity contribution is 5.92. The summed E-state index contributed by atoms with van der Waals surface area (Å²) >= 11 is 0. The normalized spacial score (nSPS) is 13.8. The summed E-state index contributed by atoms with van der Waals surface area (Å²) in [5, 5.41) is 18.4. The summed E-state index contributed by atoms with van der Waals surface area (Å²) in [7, 11) is 0. The highest BCUT2D eigenvalue weighted by Crippen LogP contribution is 2.08. The van der Waals surface area contributed by atoms with Gasteiger partial charge < -0.3 is 32.7 Å². The van der Waals surface area contributed by atoms with Gasteiger partial charge in [-0.25, -0.2) is 0 Å². The van der Waals surface area contributed by atoms with Gasteiger partial charge in [-0.05, 0) is 42.7 Å². The number of carbonyl (C=O) groups is 3. The van der Waals surface area contributed by atoms with Gasteiger partial charge in [-0.15, -0.1) is 0 Å². The molecule has 0 bridgehead atoms. The zero-order valence-corrected chi connectivity index (χ0v) is 21.8. The summed E-state index contributed by atoms with van der Waals surface area (Å²) in [6, 6.07) is 7.67. The number of nitrogens with one attached hydrogen (secondary N) is 5. The van der Waals surface area contributed by atoms with Crippen molar-refractivity contribution >= 4 is 29.8 Å². The van der Waals surface area contributed by atoms with Gasteiger partial charge in [0.05, 0.1) is 6.04 Å². The Labute approximate surface area is 214 Å². The largest absolute Gasteiger partial charge is 0.370 e. The Morgan fingerprint density at radius 2 is 1.67 bits per heavy atom. The predicted molar refractivity (Wildman–Crippen MR) is 144 cm³/mol. The van der Waals surface area contributed by atoms with Crippen molar-refractivity contribution in [2.24, 2.45) is 23.3 Å². The number of benzene rings is 1. The summed E-state index contributed by atoms with van der Waals surface area (Å²) in [6.45, 7) is 8.55. The molecule has 0 unspecified atom stereocenters. The minimum atomic E-state index is -0.780. The molecule has 0 saturated heterocycles. The molecule has 0 fully saturated rings. The van der Waals surface area contributed by atoms with Crippen molar-refractivity contribution in [3.8, 4) is 0 Å². The standard InChI is InChI=1S/C26H43N7O3/c1-17(2)15-21(32-24(35)20(27)11-8-14-30-26(28)29)25(36)33-22(18(3)4)16-31-23(34)13-12-19-9-6-5-7-10-19/h5-7,9-10,12-13,17-18,20-22H,8,11,14-16,27H2,1-4H3,(H,31,34)(H,32,35)(H,33,36)(H4,28,29,30)/b13-12+/t20-,21-,22+/m0/s1. The molecular weight excluding hydrogens is 458 g/mol. The number of amides is 3. The molecule has 0 saturated carbocycles. The number of carbonyl (C=O) groups excluding carboxylic acids is 3. The molecular formula is C26H43N7O3. The smallest absolute Gasteiger partial charge is 0.244 e. The van der Waals surface area contributed by atoms with E-state index in [2.05, 4.69) is 21.3 Å². The maximum absolute atomic E-state index is 13.1. The van der Waals surface area contributed by atoms with Crippen LogP contribution in [0.25, 0.3) is 6.08 Å². The summed E-state index contributed by atoms with van der Waals surface area (Å²) in [4.78, 5) is 38.0. The Morgan fingerprint density at radius 3 is 2.25 bits per heavy atom. The van der Waals surface area contributed by atoms with Crippen LogP contribution in [0.15, 0.2) is 36.4 Å². The molecule has 36 heavy (non-hydrogen) atoms. The average Bonchev–Trinajstić information content (AvgIpc) is 2.82. The molecule has 1 aromatic rings. The Kier molecular flexibility index (Phi) is 13.9. The van der Waals surface area contributed by atoms with Gasteiger partial charge in [-0.3, -0.25) is 19.8 Å². The van der Waals surface area contributed by atoms with Crippen LogP contribution >= 0.6 is 0 Å². The second kappa shape index (κ2) is 16.3. The van der Waals surface area contributed by atoms with E-state index in [0.29, 0.717) is 25.8 Å². The van der Waals surface area contributed by atoms with Crippen LogP contribution in [-0.2, 0) is 14.4 Å². The Balaban J connectivity index is 2.67. The van der Waals surface area contributed by atoms with Gasteiger partial charge >= 0.3 is 0 Å². The minimum Gasteiger partial charge on any atom is -0.370 e. The van der Waals surface area contributed by atoms with Crippen LogP contribution in [0.1, 0.15) is 52.5 Å². The minimum absolute atomic E-state index is 0.0544. The van der Waals surface area contributed by atoms with Gasteiger partial charge in [0.15, 0.2) is 5.96 Å². The first kappa shape index (κ1) is 30.6. The van der Waals surface area contributed by atoms with Crippen molar-refractivity contribution in [3.63, 3.8) is 0 Å². The third-order valence-electron chi connectivity index (χ3n) is 5.54. The lowest BCUT2D eigenvalue weighted by Gasteiger charge is -2.27. The second-order valence-electron chi connectivity index (χ2n) is 9.63. The van der Waals surface area contributed by atoms with Gasteiger partial charge in [0.1, 0.15) is 6.04 Å². The van der Waals surface area contributed by atoms with E-state index in [4.69, 9.17) is 16.9 Å². The fraction of sp³-hybridized carbons (Fsp3) is 0.538. The number of nitrogens with two attached hydrogens (primary N) is 2. The summed E-state index contributed by atoms with van der Waals surface area (Å²) in [5.41, 5.74) is 12.2. The Bertz CT molecular complexity index is 872. The Morgan fingerprint density at radius 1 is 1.00 bits per heavy atom. The van der Waals surface area contributed by atoms with Gasteiger partial charge in [0.2, 0.25) is 17.7 Å². The molecule has 0 aliphatic rings. The first-order valence-corrected chi connectivity index (χ1v) is 12.4. The van der Waals surface area contributed by atoms with Gasteiger partial charge in [-0.1, -0.05) is 58.0 Å². The highest BCUT2D eigenvalue weighted by Gasteiger charge is 2.27. The van der Waals surface area contributed by atoms with Crippen LogP contribution < -0.4 is 32.7 Å². The molecule has 0 heterocycles. The van der Waals surface area contributed by atoms with E-state index in [-0.39, 0.29) is 42.2 Å². The highest BCUT2D eigenvalue weighted by atomic mass is 16.2. The van der Waals surface area contributed by atoms with E-state index in [1.54, 1.807) is 6.08 Å². The molecule has 9 N–H and O–H groups in total. The summed E-state index contributed by atoms with van der Waals surface area (Å²) < 4.78 is 0. The molecule has 0 aromatic heterocycles. The third-order valence-corrected chi connectivity index (χ3v) is 5.54. The molecule has 0 aliphatic heterocycles. The molecule has 0 spiro atoms. The zero-order chi connectivity index (χ0) is 27.1. The molecule has 1 rings (SSSR count). The van der Waals surface area contributed by atoms with Crippen LogP contribution in [0.5, 0.6) is 0 Å². The Hall–Kier alpha value is -3.40. The lowest BCUT2D eigenvalue weighted by Crippen LogP contribution is -2.56. The number of guanidine groups is 1. The quantitative estimate of drug-likeness (QED) is 0.0819. The van der Waals surface area contributed by atoms with Crippen molar-refractivity contribution < 1.29 is 14.4 Å². The molecule has 3 amide bonds. The third kappa shape index (κ3) is 12.9. The topological polar surface area (TPSA) is 175 Å². The molecule has 3 atom stereocenters. The lowest BCUT2D eigenvalue weighted by molar-refractivity contribution is -0.130. The first-order chi connectivity index (χ1) is 17.0. The fourth-order valence-electron chi connectivity index (χ4n) is 3.40. The van der Waals surface area contributed by atoms with E-state index in [0.717, 1.165) is 5.56 Å². The first-order valence-electron chi connectivity index (χ1n) is 12.4. The van der Waals surface area contributed by atoms with Crippen molar-refractivity contribution in [1.82, 2.24) is 21.3 Å². The summed E-state index contributed by atoms with van der Waals surface area (Å²) in [5.74, 6) is -0.883. The SMILES string of the molecule is CC(C)C[C@H](NC(=O)[C@@H](N)CCCNC(=N)N)C(=O)N[C@H](CNC(=O)/C=C/c1ccccc1)C(C)C. The van der Waals surface area contributed by atoms with E-state index in [1.165, 1.54) is 6.08 Å². The molecule has 0 aliphatic carbocycles. The number of rotatable bonds is 15. The maximum Gasteiger partial charge on any atom is 0.244 e. The van der Waals surface area contributed by atoms with Crippen LogP contribution in [0.4, 0.5) is 0 Å². The van der Waals surface area contributed by atoms with Crippen molar-refractivity contribution in [2.75, 3.05) is 13.1 Å². The molecule has 10 nitrogen and oxygen atoms in total. The monoisotopic (exact) mass is 501 g/mol. The fourth-order valence-corrected chi connectivity index (χ4v) is 3.40. The van der Waals surface area contributed by atoms with Crippen molar-refractivity contribution in [3.05, 3.63) is 42.0 Å². The van der Waals surface area contributed by atoms with Gasteiger partial charge in [-0.2, -0.15) is 0 Å². The van der Waals surface area contributed by atoms with Crippen LogP contribution in [0.3, 0.4) is 0 Å². The molecule has 1 aromatic carbocycles. The average molecular weight is 502 g/mol. The predicted octanol–water partition coefficient (Wildman–Crippen LogP) is 1.08.